The monoisotopic (exact) mass is 495 g/mol. The van der Waals surface area contributed by atoms with Crippen molar-refractivity contribution in [2.24, 2.45) is 5.92 Å². The van der Waals surface area contributed by atoms with Crippen LogP contribution in [0.4, 0.5) is 5.82 Å². The van der Waals surface area contributed by atoms with E-state index in [1.165, 1.54) is 0 Å². The Labute approximate surface area is 213 Å². The number of hydrogen-bond donors (Lipinski definition) is 0. The average Bonchev–Trinajstić information content (AvgIpc) is 3.14. The van der Waals surface area contributed by atoms with E-state index in [-0.39, 0.29) is 11.9 Å². The first-order chi connectivity index (χ1) is 17.3. The molecule has 2 fully saturated rings. The van der Waals surface area contributed by atoms with E-state index in [1.54, 1.807) is 20.0 Å². The molecule has 2 saturated heterocycles. The number of aryl methyl sites for hydroxylation is 1. The molecule has 2 aliphatic heterocycles. The van der Waals surface area contributed by atoms with Crippen LogP contribution in [0.1, 0.15) is 46.1 Å². The minimum atomic E-state index is -1.03. The molecule has 0 radical (unpaired) electrons. The van der Waals surface area contributed by atoms with Crippen molar-refractivity contribution in [3.63, 3.8) is 0 Å². The fraction of sp³-hybridized carbons (Fsp3) is 0.536. The van der Waals surface area contributed by atoms with Gasteiger partial charge in [0, 0.05) is 45.7 Å². The largest absolute Gasteiger partial charge is 0.494 e. The molecule has 0 bridgehead atoms. The van der Waals surface area contributed by atoms with E-state index in [4.69, 9.17) is 14.2 Å². The normalized spacial score (nSPS) is 22.3. The maximum absolute atomic E-state index is 13.8. The van der Waals surface area contributed by atoms with Gasteiger partial charge < -0.3 is 24.0 Å². The molecule has 1 amide bonds. The second-order valence-electron chi connectivity index (χ2n) is 9.95. The molecule has 36 heavy (non-hydrogen) atoms. The fourth-order valence-electron chi connectivity index (χ4n) is 5.02. The standard InChI is InChI=1S/C28H37N3O5/c1-5-34-22-14-12-21(13-15-22)9-8-10-23(25-27(33)36-28(3,4)35-25)26(32)31-18-17-30(19-20(31)2)24-11-6-7-16-29-24/h6-7,11-16,20,23,25H,5,8-10,17-19H2,1-4H3/t20-,23+,25+/m1/s1. The molecule has 8 heteroatoms. The molecule has 0 unspecified atom stereocenters. The summed E-state index contributed by atoms with van der Waals surface area (Å²) in [6.07, 6.45) is 2.97. The Balaban J connectivity index is 1.43. The van der Waals surface area contributed by atoms with Crippen molar-refractivity contribution in [3.05, 3.63) is 54.2 Å². The smallest absolute Gasteiger partial charge is 0.338 e. The summed E-state index contributed by atoms with van der Waals surface area (Å²) < 4.78 is 16.9. The molecular formula is C28H37N3O5. The second-order valence-corrected chi connectivity index (χ2v) is 9.95. The van der Waals surface area contributed by atoms with Crippen LogP contribution < -0.4 is 9.64 Å². The molecule has 3 atom stereocenters. The van der Waals surface area contributed by atoms with E-state index in [0.717, 1.165) is 30.0 Å². The Kier molecular flexibility index (Phi) is 8.14. The minimum Gasteiger partial charge on any atom is -0.494 e. The summed E-state index contributed by atoms with van der Waals surface area (Å²) in [6.45, 7) is 9.99. The zero-order valence-electron chi connectivity index (χ0n) is 21.7. The average molecular weight is 496 g/mol. The van der Waals surface area contributed by atoms with Crippen molar-refractivity contribution in [2.75, 3.05) is 31.1 Å². The van der Waals surface area contributed by atoms with Gasteiger partial charge in [-0.2, -0.15) is 0 Å². The molecule has 1 aromatic heterocycles. The van der Waals surface area contributed by atoms with E-state index in [2.05, 4.69) is 9.88 Å². The number of piperazine rings is 1. The van der Waals surface area contributed by atoms with Gasteiger partial charge in [0.15, 0.2) is 6.10 Å². The van der Waals surface area contributed by atoms with E-state index < -0.39 is 23.8 Å². The lowest BCUT2D eigenvalue weighted by molar-refractivity contribution is -0.163. The third-order valence-corrected chi connectivity index (χ3v) is 6.77. The van der Waals surface area contributed by atoms with Gasteiger partial charge >= 0.3 is 5.97 Å². The summed E-state index contributed by atoms with van der Waals surface area (Å²) in [7, 11) is 0. The number of nitrogens with zero attached hydrogens (tertiary/aromatic N) is 3. The number of carbonyl (C=O) groups excluding carboxylic acids is 2. The molecule has 0 aliphatic carbocycles. The third-order valence-electron chi connectivity index (χ3n) is 6.77. The van der Waals surface area contributed by atoms with Crippen LogP contribution in [-0.4, -0.2) is 65.9 Å². The lowest BCUT2D eigenvalue weighted by Gasteiger charge is -2.42. The fourth-order valence-corrected chi connectivity index (χ4v) is 5.02. The summed E-state index contributed by atoms with van der Waals surface area (Å²) in [5.74, 6) is -0.372. The first-order valence-corrected chi connectivity index (χ1v) is 12.9. The highest BCUT2D eigenvalue weighted by molar-refractivity contribution is 5.88. The number of rotatable bonds is 9. The van der Waals surface area contributed by atoms with E-state index in [0.29, 0.717) is 32.7 Å². The van der Waals surface area contributed by atoms with Crippen LogP contribution in [-0.2, 0) is 25.5 Å². The highest BCUT2D eigenvalue weighted by Gasteiger charge is 2.49. The number of cyclic esters (lactones) is 1. The summed E-state index contributed by atoms with van der Waals surface area (Å²) in [5, 5.41) is 0. The maximum atomic E-state index is 13.8. The molecule has 3 heterocycles. The Hall–Kier alpha value is -3.13. The quantitative estimate of drug-likeness (QED) is 0.489. The second kappa shape index (κ2) is 11.3. The topological polar surface area (TPSA) is 81.2 Å². The van der Waals surface area contributed by atoms with Crippen LogP contribution in [0.5, 0.6) is 5.75 Å². The molecule has 194 valence electrons. The first-order valence-electron chi connectivity index (χ1n) is 12.9. The predicted molar refractivity (Wildman–Crippen MR) is 137 cm³/mol. The number of aromatic nitrogens is 1. The predicted octanol–water partition coefficient (Wildman–Crippen LogP) is 3.83. The summed E-state index contributed by atoms with van der Waals surface area (Å²) in [6, 6.07) is 13.8. The van der Waals surface area contributed by atoms with E-state index in [1.807, 2.05) is 61.2 Å². The molecule has 4 rings (SSSR count). The van der Waals surface area contributed by atoms with Gasteiger partial charge in [0.2, 0.25) is 11.7 Å². The number of amides is 1. The van der Waals surface area contributed by atoms with Crippen LogP contribution in [0.2, 0.25) is 0 Å². The molecule has 0 spiro atoms. The molecule has 0 saturated carbocycles. The van der Waals surface area contributed by atoms with Crippen LogP contribution in [0.3, 0.4) is 0 Å². The van der Waals surface area contributed by atoms with Crippen molar-refractivity contribution < 1.29 is 23.8 Å². The summed E-state index contributed by atoms with van der Waals surface area (Å²) in [5.41, 5.74) is 1.16. The van der Waals surface area contributed by atoms with Crippen molar-refractivity contribution in [3.8, 4) is 5.75 Å². The van der Waals surface area contributed by atoms with Crippen LogP contribution >= 0.6 is 0 Å². The lowest BCUT2D eigenvalue weighted by atomic mass is 9.92. The van der Waals surface area contributed by atoms with Gasteiger partial charge in [0.25, 0.3) is 0 Å². The zero-order valence-corrected chi connectivity index (χ0v) is 21.7. The van der Waals surface area contributed by atoms with Gasteiger partial charge in [0.05, 0.1) is 12.5 Å². The number of anilines is 1. The van der Waals surface area contributed by atoms with Crippen molar-refractivity contribution in [1.82, 2.24) is 9.88 Å². The van der Waals surface area contributed by atoms with Crippen molar-refractivity contribution >= 4 is 17.7 Å². The first kappa shape index (κ1) is 25.9. The van der Waals surface area contributed by atoms with Crippen LogP contribution in [0.15, 0.2) is 48.7 Å². The highest BCUT2D eigenvalue weighted by Crippen LogP contribution is 2.32. The molecule has 2 aliphatic rings. The van der Waals surface area contributed by atoms with Gasteiger partial charge in [0.1, 0.15) is 11.6 Å². The Morgan fingerprint density at radius 1 is 1.19 bits per heavy atom. The third kappa shape index (κ3) is 6.16. The molecule has 0 N–H and O–H groups in total. The number of ether oxygens (including phenoxy) is 3. The maximum Gasteiger partial charge on any atom is 0.338 e. The Morgan fingerprint density at radius 2 is 1.97 bits per heavy atom. The van der Waals surface area contributed by atoms with Gasteiger partial charge in [-0.25, -0.2) is 9.78 Å². The number of hydrogen-bond acceptors (Lipinski definition) is 7. The van der Waals surface area contributed by atoms with Crippen LogP contribution in [0, 0.1) is 5.92 Å². The number of carbonyl (C=O) groups is 2. The van der Waals surface area contributed by atoms with Crippen LogP contribution in [0.25, 0.3) is 0 Å². The van der Waals surface area contributed by atoms with E-state index >= 15 is 0 Å². The zero-order chi connectivity index (χ0) is 25.7. The Morgan fingerprint density at radius 3 is 2.58 bits per heavy atom. The van der Waals surface area contributed by atoms with Gasteiger partial charge in [-0.3, -0.25) is 4.79 Å². The van der Waals surface area contributed by atoms with Gasteiger partial charge in [-0.15, -0.1) is 0 Å². The molecule has 2 aromatic rings. The van der Waals surface area contributed by atoms with Crippen molar-refractivity contribution in [1.29, 1.82) is 0 Å². The van der Waals surface area contributed by atoms with E-state index in [9.17, 15) is 9.59 Å². The van der Waals surface area contributed by atoms with Crippen molar-refractivity contribution in [2.45, 2.75) is 64.9 Å². The minimum absolute atomic E-state index is 0.0210. The number of benzene rings is 1. The summed E-state index contributed by atoms with van der Waals surface area (Å²) in [4.78, 5) is 35.1. The molecule has 1 aromatic carbocycles. The lowest BCUT2D eigenvalue weighted by Crippen LogP contribution is -2.57. The Bertz CT molecular complexity index is 1030. The van der Waals surface area contributed by atoms with Gasteiger partial charge in [-0.05, 0) is 62.9 Å². The highest BCUT2D eigenvalue weighted by atomic mass is 16.8. The molecule has 8 nitrogen and oxygen atoms in total. The number of pyridine rings is 1. The SMILES string of the molecule is CCOc1ccc(CCC[C@H](C(=O)N2CCN(c3ccccn3)C[C@H]2C)[C@@H]2OC(C)(C)OC2=O)cc1. The van der Waals surface area contributed by atoms with Gasteiger partial charge in [-0.1, -0.05) is 18.2 Å². The molecular weight excluding hydrogens is 458 g/mol. The number of esters is 1. The summed E-state index contributed by atoms with van der Waals surface area (Å²) >= 11 is 0.